The Bertz CT molecular complexity index is 139. The zero-order chi connectivity index (χ0) is 10.1. The van der Waals surface area contributed by atoms with Crippen LogP contribution in [0.3, 0.4) is 0 Å². The summed E-state index contributed by atoms with van der Waals surface area (Å²) in [5, 5.41) is 3.49. The van der Waals surface area contributed by atoms with Crippen molar-refractivity contribution in [2.24, 2.45) is 0 Å². The van der Waals surface area contributed by atoms with Gasteiger partial charge in [0.2, 0.25) is 0 Å². The molecule has 2 unspecified atom stereocenters. The summed E-state index contributed by atoms with van der Waals surface area (Å²) in [6, 6.07) is 0.662. The number of nitrogens with one attached hydrogen (secondary N) is 1. The molecule has 0 aromatic carbocycles. The Hall–Kier alpha value is 0.110. The van der Waals surface area contributed by atoms with Gasteiger partial charge in [-0.25, -0.2) is 0 Å². The summed E-state index contributed by atoms with van der Waals surface area (Å²) in [4.78, 5) is 0. The molecule has 1 N–H and O–H groups in total. The van der Waals surface area contributed by atoms with Gasteiger partial charge >= 0.3 is 0 Å². The Balaban J connectivity index is 3.32. The van der Waals surface area contributed by atoms with Crippen LogP contribution in [0.5, 0.6) is 0 Å². The van der Waals surface area contributed by atoms with Gasteiger partial charge in [0.25, 0.3) is 0 Å². The molecule has 0 aliphatic rings. The van der Waals surface area contributed by atoms with Crippen molar-refractivity contribution in [3.05, 3.63) is 0 Å². The van der Waals surface area contributed by atoms with Crippen LogP contribution in [0.25, 0.3) is 0 Å². The van der Waals surface area contributed by atoms with Gasteiger partial charge in [-0.1, -0.05) is 20.3 Å². The summed E-state index contributed by atoms with van der Waals surface area (Å²) in [5.41, 5.74) is 0. The van der Waals surface area contributed by atoms with E-state index in [9.17, 15) is 4.21 Å². The molecule has 0 spiro atoms. The van der Waals surface area contributed by atoms with Crippen LogP contribution in [-0.2, 0) is 10.8 Å². The minimum Gasteiger partial charge on any atom is -0.314 e. The molecule has 0 radical (unpaired) electrons. The average molecular weight is 205 g/mol. The molecule has 0 amide bonds. The fraction of sp³-hybridized carbons (Fsp3) is 1.00. The molecule has 0 fully saturated rings. The highest BCUT2D eigenvalue weighted by molar-refractivity contribution is 7.84. The first-order valence-corrected chi connectivity index (χ1v) is 6.96. The third kappa shape index (κ3) is 8.44. The van der Waals surface area contributed by atoms with Gasteiger partial charge < -0.3 is 5.32 Å². The second-order valence-corrected chi connectivity index (χ2v) is 5.03. The Morgan fingerprint density at radius 2 is 2.08 bits per heavy atom. The molecule has 0 aromatic heterocycles. The van der Waals surface area contributed by atoms with Gasteiger partial charge in [0.15, 0.2) is 0 Å². The molecule has 0 saturated carbocycles. The van der Waals surface area contributed by atoms with Crippen LogP contribution < -0.4 is 5.32 Å². The Morgan fingerprint density at radius 3 is 2.54 bits per heavy atom. The zero-order valence-corrected chi connectivity index (χ0v) is 9.95. The van der Waals surface area contributed by atoms with E-state index in [1.54, 1.807) is 6.26 Å². The van der Waals surface area contributed by atoms with Crippen molar-refractivity contribution in [2.45, 2.75) is 45.6 Å². The standard InChI is InChI=1S/C10H23NOS/c1-4-7-10(5-2)11-8-6-9-13(3)12/h10-11H,4-9H2,1-3H3. The van der Waals surface area contributed by atoms with Crippen molar-refractivity contribution in [2.75, 3.05) is 18.6 Å². The highest BCUT2D eigenvalue weighted by atomic mass is 32.2. The first-order valence-electron chi connectivity index (χ1n) is 5.24. The van der Waals surface area contributed by atoms with Gasteiger partial charge in [-0.05, 0) is 25.8 Å². The van der Waals surface area contributed by atoms with E-state index < -0.39 is 10.8 Å². The Morgan fingerprint density at radius 1 is 1.38 bits per heavy atom. The predicted octanol–water partition coefficient (Wildman–Crippen LogP) is 1.92. The first-order chi connectivity index (χ1) is 6.20. The summed E-state index contributed by atoms with van der Waals surface area (Å²) in [6.07, 6.45) is 6.49. The summed E-state index contributed by atoms with van der Waals surface area (Å²) in [7, 11) is -0.626. The quantitative estimate of drug-likeness (QED) is 0.613. The van der Waals surface area contributed by atoms with E-state index in [0.717, 1.165) is 18.7 Å². The monoisotopic (exact) mass is 205 g/mol. The largest absolute Gasteiger partial charge is 0.314 e. The highest BCUT2D eigenvalue weighted by Crippen LogP contribution is 2.00. The molecule has 13 heavy (non-hydrogen) atoms. The smallest absolute Gasteiger partial charge is 0.0244 e. The van der Waals surface area contributed by atoms with Crippen LogP contribution in [0.4, 0.5) is 0 Å². The maximum absolute atomic E-state index is 10.8. The van der Waals surface area contributed by atoms with Crippen LogP contribution >= 0.6 is 0 Å². The van der Waals surface area contributed by atoms with Crippen LogP contribution in [0, 0.1) is 0 Å². The van der Waals surface area contributed by atoms with Gasteiger partial charge in [-0.3, -0.25) is 4.21 Å². The normalized spacial score (nSPS) is 15.6. The lowest BCUT2D eigenvalue weighted by Crippen LogP contribution is -2.29. The number of rotatable bonds is 8. The lowest BCUT2D eigenvalue weighted by atomic mass is 10.1. The SMILES string of the molecule is CCCC(CC)NCCCS(C)=O. The van der Waals surface area contributed by atoms with Crippen molar-refractivity contribution in [1.29, 1.82) is 0 Å². The molecule has 0 heterocycles. The second-order valence-electron chi connectivity index (χ2n) is 3.48. The lowest BCUT2D eigenvalue weighted by molar-refractivity contribution is 0.464. The van der Waals surface area contributed by atoms with Gasteiger partial charge in [-0.2, -0.15) is 0 Å². The van der Waals surface area contributed by atoms with Gasteiger partial charge in [-0.15, -0.1) is 0 Å². The third-order valence-corrected chi connectivity index (χ3v) is 3.04. The third-order valence-electron chi connectivity index (χ3n) is 2.17. The van der Waals surface area contributed by atoms with Gasteiger partial charge in [0.1, 0.15) is 0 Å². The second kappa shape index (κ2) is 8.70. The van der Waals surface area contributed by atoms with Crippen molar-refractivity contribution in [1.82, 2.24) is 5.32 Å². The molecule has 0 aliphatic heterocycles. The maximum atomic E-state index is 10.8. The minimum atomic E-state index is -0.626. The summed E-state index contributed by atoms with van der Waals surface area (Å²) in [6.45, 7) is 5.44. The average Bonchev–Trinajstić information content (AvgIpc) is 2.10. The molecule has 0 bridgehead atoms. The van der Waals surface area contributed by atoms with E-state index in [4.69, 9.17) is 0 Å². The predicted molar refractivity (Wildman–Crippen MR) is 60.5 cm³/mol. The summed E-state index contributed by atoms with van der Waals surface area (Å²) < 4.78 is 10.8. The zero-order valence-electron chi connectivity index (χ0n) is 9.14. The van der Waals surface area contributed by atoms with E-state index >= 15 is 0 Å². The topological polar surface area (TPSA) is 29.1 Å². The molecule has 80 valence electrons. The molecule has 2 atom stereocenters. The van der Waals surface area contributed by atoms with E-state index in [0.29, 0.717) is 6.04 Å². The number of hydrogen-bond acceptors (Lipinski definition) is 2. The molecule has 0 aliphatic carbocycles. The molecule has 2 nitrogen and oxygen atoms in total. The van der Waals surface area contributed by atoms with Gasteiger partial charge in [0.05, 0.1) is 0 Å². The van der Waals surface area contributed by atoms with Crippen molar-refractivity contribution in [3.8, 4) is 0 Å². The minimum absolute atomic E-state index is 0.626. The molecular weight excluding hydrogens is 182 g/mol. The first kappa shape index (κ1) is 13.1. The molecular formula is C10H23NOS. The van der Waals surface area contributed by atoms with E-state index in [1.807, 2.05) is 0 Å². The summed E-state index contributed by atoms with van der Waals surface area (Å²) in [5.74, 6) is 0.829. The Kier molecular flexibility index (Phi) is 8.77. The van der Waals surface area contributed by atoms with E-state index in [1.165, 1.54) is 19.3 Å². The van der Waals surface area contributed by atoms with Crippen molar-refractivity contribution < 1.29 is 4.21 Å². The van der Waals surface area contributed by atoms with Crippen LogP contribution in [0.2, 0.25) is 0 Å². The molecule has 0 saturated heterocycles. The highest BCUT2D eigenvalue weighted by Gasteiger charge is 2.02. The fourth-order valence-corrected chi connectivity index (χ4v) is 1.93. The van der Waals surface area contributed by atoms with Crippen molar-refractivity contribution >= 4 is 10.8 Å². The van der Waals surface area contributed by atoms with Crippen molar-refractivity contribution in [3.63, 3.8) is 0 Å². The molecule has 3 heteroatoms. The Labute approximate surface area is 84.9 Å². The van der Waals surface area contributed by atoms with E-state index in [2.05, 4.69) is 19.2 Å². The van der Waals surface area contributed by atoms with E-state index in [-0.39, 0.29) is 0 Å². The fourth-order valence-electron chi connectivity index (χ4n) is 1.38. The molecule has 0 aromatic rings. The van der Waals surface area contributed by atoms with Crippen LogP contribution in [0.15, 0.2) is 0 Å². The number of hydrogen-bond donors (Lipinski definition) is 1. The van der Waals surface area contributed by atoms with Gasteiger partial charge in [0, 0.05) is 28.9 Å². The summed E-state index contributed by atoms with van der Waals surface area (Å²) >= 11 is 0. The lowest BCUT2D eigenvalue weighted by Gasteiger charge is -2.15. The van der Waals surface area contributed by atoms with Crippen LogP contribution in [0.1, 0.15) is 39.5 Å². The van der Waals surface area contributed by atoms with Crippen LogP contribution in [-0.4, -0.2) is 28.8 Å². The maximum Gasteiger partial charge on any atom is 0.0244 e. The molecule has 0 rings (SSSR count).